The van der Waals surface area contributed by atoms with E-state index in [-0.39, 0.29) is 46.4 Å². The summed E-state index contributed by atoms with van der Waals surface area (Å²) in [6, 6.07) is 3.84. The number of rotatable bonds is 6. The van der Waals surface area contributed by atoms with Gasteiger partial charge >= 0.3 is 18.2 Å². The van der Waals surface area contributed by atoms with Gasteiger partial charge in [-0.2, -0.15) is 13.2 Å². The molecule has 2 amide bonds. The second-order valence-corrected chi connectivity index (χ2v) is 11.2. The number of carboxylic acids is 1. The minimum atomic E-state index is -4.73. The van der Waals surface area contributed by atoms with E-state index in [2.05, 4.69) is 15.4 Å². The van der Waals surface area contributed by atoms with Crippen molar-refractivity contribution in [3.63, 3.8) is 0 Å². The number of anilines is 1. The van der Waals surface area contributed by atoms with Gasteiger partial charge in [-0.25, -0.2) is 19.1 Å². The zero-order valence-electron chi connectivity index (χ0n) is 22.7. The van der Waals surface area contributed by atoms with E-state index in [1.165, 1.54) is 29.3 Å². The Morgan fingerprint density at radius 1 is 1.20 bits per heavy atom. The highest BCUT2D eigenvalue weighted by atomic mass is 19.4. The lowest BCUT2D eigenvalue weighted by Crippen LogP contribution is -2.35. The lowest BCUT2D eigenvalue weighted by Gasteiger charge is -2.24. The highest BCUT2D eigenvalue weighted by molar-refractivity contribution is 6.03. The number of nitrogens with one attached hydrogen (secondary N) is 1. The van der Waals surface area contributed by atoms with Crippen LogP contribution in [0.15, 0.2) is 24.4 Å². The fourth-order valence-corrected chi connectivity index (χ4v) is 4.89. The first kappa shape index (κ1) is 28.1. The molecule has 2 aliphatic rings. The Labute approximate surface area is 232 Å². The standard InChI is InChI=1S/C28H28F3N5O5/c1-14(16-6-7-16)35-13-17-11-15(12-19(28(29,30)31)20(17)24(35)37)5-8-18-9-10-36-23(32-18)21(25(38)39)22(34-36)33-26(40)41-27(2,3)4/h5,8-12,14,16H,6-7,13H2,1-4H3,(H,38,39)(H,33,34,40)/b8-5+/t14-/m0/s1. The summed E-state index contributed by atoms with van der Waals surface area (Å²) in [5, 5.41) is 16.1. The maximum atomic E-state index is 14.0. The molecule has 3 heterocycles. The van der Waals surface area contributed by atoms with Gasteiger partial charge in [-0.05, 0) is 81.9 Å². The van der Waals surface area contributed by atoms with Crippen molar-refractivity contribution in [2.45, 2.75) is 64.9 Å². The van der Waals surface area contributed by atoms with Crippen LogP contribution in [0.5, 0.6) is 0 Å². The molecule has 5 rings (SSSR count). The van der Waals surface area contributed by atoms with Crippen molar-refractivity contribution in [1.82, 2.24) is 19.5 Å². The van der Waals surface area contributed by atoms with Crippen LogP contribution in [-0.2, 0) is 17.5 Å². The number of benzene rings is 1. The first-order valence-electron chi connectivity index (χ1n) is 13.0. The largest absolute Gasteiger partial charge is 0.477 e. The van der Waals surface area contributed by atoms with Gasteiger partial charge in [0, 0.05) is 18.8 Å². The molecule has 0 bridgehead atoms. The van der Waals surface area contributed by atoms with Crippen molar-refractivity contribution in [3.8, 4) is 0 Å². The van der Waals surface area contributed by atoms with Gasteiger partial charge in [0.2, 0.25) is 0 Å². The predicted molar refractivity (Wildman–Crippen MR) is 142 cm³/mol. The Balaban J connectivity index is 1.46. The molecule has 1 fully saturated rings. The molecule has 13 heteroatoms. The summed E-state index contributed by atoms with van der Waals surface area (Å²) in [7, 11) is 0. The van der Waals surface area contributed by atoms with Gasteiger partial charge in [0.25, 0.3) is 5.91 Å². The summed E-state index contributed by atoms with van der Waals surface area (Å²) in [6.45, 7) is 6.92. The molecule has 216 valence electrons. The van der Waals surface area contributed by atoms with E-state index in [0.29, 0.717) is 11.5 Å². The molecule has 0 radical (unpaired) electrons. The first-order valence-corrected chi connectivity index (χ1v) is 13.0. The SMILES string of the molecule is C[C@@H](C1CC1)N1Cc2cc(/C=C/c3ccn4nc(NC(=O)OC(C)(C)C)c(C(=O)O)c4n3)cc(C(F)(F)F)c2C1=O. The fourth-order valence-electron chi connectivity index (χ4n) is 4.89. The number of aromatic carboxylic acids is 1. The lowest BCUT2D eigenvalue weighted by molar-refractivity contribution is -0.138. The second kappa shape index (κ2) is 9.89. The predicted octanol–water partition coefficient (Wildman–Crippen LogP) is 5.72. The Kier molecular flexibility index (Phi) is 6.79. The van der Waals surface area contributed by atoms with Gasteiger partial charge in [-0.3, -0.25) is 10.1 Å². The van der Waals surface area contributed by atoms with Crippen LogP contribution < -0.4 is 5.32 Å². The number of hydrogen-bond acceptors (Lipinski definition) is 6. The molecule has 1 saturated carbocycles. The zero-order chi connectivity index (χ0) is 29.9. The van der Waals surface area contributed by atoms with Gasteiger partial charge in [-0.1, -0.05) is 6.08 Å². The van der Waals surface area contributed by atoms with Crippen LogP contribution in [0.2, 0.25) is 0 Å². The Morgan fingerprint density at radius 2 is 1.90 bits per heavy atom. The third-order valence-corrected chi connectivity index (χ3v) is 6.95. The first-order chi connectivity index (χ1) is 19.1. The van der Waals surface area contributed by atoms with Gasteiger partial charge < -0.3 is 14.7 Å². The molecule has 41 heavy (non-hydrogen) atoms. The van der Waals surface area contributed by atoms with E-state index in [1.807, 2.05) is 6.92 Å². The number of alkyl halides is 3. The number of amides is 2. The molecular formula is C28H28F3N5O5. The van der Waals surface area contributed by atoms with Crippen LogP contribution in [0, 0.1) is 5.92 Å². The van der Waals surface area contributed by atoms with Gasteiger partial charge in [0.05, 0.1) is 16.8 Å². The number of carbonyl (C=O) groups is 3. The van der Waals surface area contributed by atoms with E-state index < -0.39 is 35.3 Å². The number of fused-ring (bicyclic) bond motifs is 2. The molecule has 1 aliphatic heterocycles. The third-order valence-electron chi connectivity index (χ3n) is 6.95. The average molecular weight is 572 g/mol. The van der Waals surface area contributed by atoms with Crippen molar-refractivity contribution in [1.29, 1.82) is 0 Å². The molecule has 10 nitrogen and oxygen atoms in total. The number of halogens is 3. The van der Waals surface area contributed by atoms with Crippen molar-refractivity contribution in [3.05, 3.63) is 57.9 Å². The Hall–Kier alpha value is -4.42. The van der Waals surface area contributed by atoms with Gasteiger partial charge in [0.1, 0.15) is 11.2 Å². The third kappa shape index (κ3) is 5.74. The smallest absolute Gasteiger partial charge is 0.417 e. The average Bonchev–Trinajstić information content (AvgIpc) is 3.57. The molecule has 0 saturated heterocycles. The number of carboxylic acid groups (broad SMARTS) is 1. The number of aromatic nitrogens is 3. The maximum Gasteiger partial charge on any atom is 0.417 e. The molecule has 1 aromatic carbocycles. The van der Waals surface area contributed by atoms with E-state index in [9.17, 15) is 32.7 Å². The molecule has 3 aromatic rings. The summed E-state index contributed by atoms with van der Waals surface area (Å²) in [6.07, 6.45) is 0.547. The number of nitrogens with zero attached hydrogens (tertiary/aromatic N) is 4. The molecular weight excluding hydrogens is 543 g/mol. The van der Waals surface area contributed by atoms with Crippen LogP contribution >= 0.6 is 0 Å². The van der Waals surface area contributed by atoms with Crippen LogP contribution in [0.3, 0.4) is 0 Å². The highest BCUT2D eigenvalue weighted by Crippen LogP contribution is 2.42. The summed E-state index contributed by atoms with van der Waals surface area (Å²) < 4.78 is 48.4. The normalized spacial score (nSPS) is 16.4. The highest BCUT2D eigenvalue weighted by Gasteiger charge is 2.44. The summed E-state index contributed by atoms with van der Waals surface area (Å²) in [4.78, 5) is 43.0. The quantitative estimate of drug-likeness (QED) is 0.388. The summed E-state index contributed by atoms with van der Waals surface area (Å²) in [5.41, 5.74) is -1.84. The maximum absolute atomic E-state index is 14.0. The van der Waals surface area contributed by atoms with Crippen molar-refractivity contribution < 1.29 is 37.4 Å². The summed E-state index contributed by atoms with van der Waals surface area (Å²) in [5.74, 6) is -1.97. The topological polar surface area (TPSA) is 126 Å². The minimum Gasteiger partial charge on any atom is -0.477 e. The monoisotopic (exact) mass is 571 g/mol. The van der Waals surface area contributed by atoms with E-state index in [4.69, 9.17) is 4.74 Å². The van der Waals surface area contributed by atoms with Gasteiger partial charge in [0.15, 0.2) is 11.5 Å². The second-order valence-electron chi connectivity index (χ2n) is 11.2. The molecule has 1 aliphatic carbocycles. The fraction of sp³-hybridized carbons (Fsp3) is 0.393. The van der Waals surface area contributed by atoms with Crippen molar-refractivity contribution in [2.24, 2.45) is 5.92 Å². The Morgan fingerprint density at radius 3 is 2.51 bits per heavy atom. The molecule has 1 atom stereocenters. The molecule has 0 spiro atoms. The van der Waals surface area contributed by atoms with Crippen molar-refractivity contribution in [2.75, 3.05) is 5.32 Å². The van der Waals surface area contributed by atoms with Crippen LogP contribution in [-0.4, -0.2) is 54.2 Å². The molecule has 2 aromatic heterocycles. The minimum absolute atomic E-state index is 0.0917. The Bertz CT molecular complexity index is 1600. The van der Waals surface area contributed by atoms with Crippen LogP contribution in [0.1, 0.15) is 83.6 Å². The molecule has 2 N–H and O–H groups in total. The van der Waals surface area contributed by atoms with E-state index in [0.717, 1.165) is 23.4 Å². The summed E-state index contributed by atoms with van der Waals surface area (Å²) >= 11 is 0. The van der Waals surface area contributed by atoms with Gasteiger partial charge in [-0.15, -0.1) is 5.10 Å². The van der Waals surface area contributed by atoms with Crippen molar-refractivity contribution >= 4 is 41.6 Å². The number of carbonyl (C=O) groups excluding carboxylic acids is 2. The lowest BCUT2D eigenvalue weighted by atomic mass is 9.98. The van der Waals surface area contributed by atoms with E-state index in [1.54, 1.807) is 26.8 Å². The van der Waals surface area contributed by atoms with Crippen LogP contribution in [0.25, 0.3) is 17.8 Å². The van der Waals surface area contributed by atoms with E-state index >= 15 is 0 Å². The molecule has 0 unspecified atom stereocenters. The number of ether oxygens (including phenoxy) is 1. The van der Waals surface area contributed by atoms with Crippen LogP contribution in [0.4, 0.5) is 23.8 Å². The number of hydrogen-bond donors (Lipinski definition) is 2. The zero-order valence-corrected chi connectivity index (χ0v) is 22.7.